The van der Waals surface area contributed by atoms with Gasteiger partial charge in [0.25, 0.3) is 5.91 Å². The van der Waals surface area contributed by atoms with Crippen molar-refractivity contribution in [1.29, 1.82) is 0 Å². The Morgan fingerprint density at radius 2 is 2.11 bits per heavy atom. The van der Waals surface area contributed by atoms with Crippen LogP contribution in [0.3, 0.4) is 0 Å². The number of aryl methyl sites for hydroxylation is 1. The summed E-state index contributed by atoms with van der Waals surface area (Å²) in [5.41, 5.74) is 1.23. The predicted octanol–water partition coefficient (Wildman–Crippen LogP) is 2.89. The van der Waals surface area contributed by atoms with E-state index in [0.29, 0.717) is 0 Å². The van der Waals surface area contributed by atoms with Gasteiger partial charge < -0.3 is 9.64 Å². The van der Waals surface area contributed by atoms with Crippen LogP contribution in [0.2, 0.25) is 0 Å². The first-order valence-electron chi connectivity index (χ1n) is 7.18. The zero-order valence-corrected chi connectivity index (χ0v) is 11.9. The maximum Gasteiger partial charge on any atom is 0.260 e. The number of carbonyl (C=O) groups is 1. The molecular formula is C16H23NO2. The first kappa shape index (κ1) is 13.9. The molecular weight excluding hydrogens is 238 g/mol. The number of benzene rings is 1. The van der Waals surface area contributed by atoms with Crippen molar-refractivity contribution in [3.63, 3.8) is 0 Å². The van der Waals surface area contributed by atoms with Crippen LogP contribution in [-0.4, -0.2) is 30.5 Å². The summed E-state index contributed by atoms with van der Waals surface area (Å²) >= 11 is 0. The Bertz CT molecular complexity index is 423. The molecule has 1 heterocycles. The molecule has 1 fully saturated rings. The monoisotopic (exact) mass is 261 g/mol. The Labute approximate surface area is 115 Å². The minimum absolute atomic E-state index is 0.105. The molecule has 1 amide bonds. The number of hydrogen-bond acceptors (Lipinski definition) is 2. The molecule has 3 nitrogen and oxygen atoms in total. The van der Waals surface area contributed by atoms with Crippen molar-refractivity contribution in [3.8, 4) is 5.75 Å². The molecule has 19 heavy (non-hydrogen) atoms. The van der Waals surface area contributed by atoms with Crippen LogP contribution in [0.15, 0.2) is 24.3 Å². The molecule has 104 valence electrons. The summed E-state index contributed by atoms with van der Waals surface area (Å²) in [4.78, 5) is 14.0. The summed E-state index contributed by atoms with van der Waals surface area (Å²) in [5, 5.41) is 0. The van der Waals surface area contributed by atoms with Gasteiger partial charge in [-0.2, -0.15) is 0 Å². The van der Waals surface area contributed by atoms with E-state index in [-0.39, 0.29) is 12.5 Å². The summed E-state index contributed by atoms with van der Waals surface area (Å²) in [5.74, 6) is 1.64. The third-order valence-corrected chi connectivity index (χ3v) is 3.81. The van der Waals surface area contributed by atoms with Gasteiger partial charge in [0.1, 0.15) is 5.75 Å². The molecule has 2 rings (SSSR count). The van der Waals surface area contributed by atoms with Gasteiger partial charge in [-0.3, -0.25) is 4.79 Å². The van der Waals surface area contributed by atoms with Gasteiger partial charge in [-0.1, -0.05) is 26.0 Å². The second-order valence-corrected chi connectivity index (χ2v) is 5.35. The van der Waals surface area contributed by atoms with E-state index >= 15 is 0 Å². The number of carbonyl (C=O) groups excluding carboxylic acids is 1. The zero-order chi connectivity index (χ0) is 13.7. The van der Waals surface area contributed by atoms with Crippen LogP contribution < -0.4 is 4.74 Å². The minimum atomic E-state index is 0.105. The molecule has 0 bridgehead atoms. The van der Waals surface area contributed by atoms with Crippen molar-refractivity contribution >= 4 is 5.91 Å². The Morgan fingerprint density at radius 1 is 1.37 bits per heavy atom. The lowest BCUT2D eigenvalue weighted by Crippen LogP contribution is -2.40. The topological polar surface area (TPSA) is 29.5 Å². The number of amides is 1. The highest BCUT2D eigenvalue weighted by Crippen LogP contribution is 2.17. The van der Waals surface area contributed by atoms with Gasteiger partial charge in [0, 0.05) is 13.1 Å². The van der Waals surface area contributed by atoms with Crippen LogP contribution in [0.25, 0.3) is 0 Å². The maximum atomic E-state index is 12.0. The molecule has 1 aromatic carbocycles. The van der Waals surface area contributed by atoms with Gasteiger partial charge in [0.2, 0.25) is 0 Å². The number of likely N-dealkylation sites (tertiary alicyclic amines) is 1. The number of nitrogens with zero attached hydrogens (tertiary/aromatic N) is 1. The molecule has 1 aliphatic heterocycles. The fraction of sp³-hybridized carbons (Fsp3) is 0.562. The minimum Gasteiger partial charge on any atom is -0.484 e. The van der Waals surface area contributed by atoms with E-state index in [9.17, 15) is 4.79 Å². The van der Waals surface area contributed by atoms with Gasteiger partial charge in [-0.25, -0.2) is 0 Å². The van der Waals surface area contributed by atoms with Crippen LogP contribution in [0.1, 0.15) is 32.3 Å². The van der Waals surface area contributed by atoms with E-state index in [2.05, 4.69) is 19.9 Å². The van der Waals surface area contributed by atoms with Crippen molar-refractivity contribution in [2.24, 2.45) is 5.92 Å². The molecule has 0 aliphatic carbocycles. The number of ether oxygens (including phenoxy) is 1. The van der Waals surface area contributed by atoms with Crippen molar-refractivity contribution < 1.29 is 9.53 Å². The summed E-state index contributed by atoms with van der Waals surface area (Å²) in [6.45, 7) is 6.26. The molecule has 0 N–H and O–H groups in total. The van der Waals surface area contributed by atoms with Crippen molar-refractivity contribution in [2.75, 3.05) is 19.7 Å². The summed E-state index contributed by atoms with van der Waals surface area (Å²) < 4.78 is 5.60. The molecule has 0 saturated carbocycles. The fourth-order valence-electron chi connectivity index (χ4n) is 2.35. The highest BCUT2D eigenvalue weighted by atomic mass is 16.5. The molecule has 1 aliphatic rings. The van der Waals surface area contributed by atoms with E-state index < -0.39 is 0 Å². The highest BCUT2D eigenvalue weighted by Gasteiger charge is 2.20. The van der Waals surface area contributed by atoms with E-state index in [4.69, 9.17) is 4.74 Å². The molecule has 3 heteroatoms. The fourth-order valence-corrected chi connectivity index (χ4v) is 2.35. The molecule has 1 saturated heterocycles. The Morgan fingerprint density at radius 3 is 2.79 bits per heavy atom. The second kappa shape index (κ2) is 6.60. The molecule has 0 atom stereocenters. The molecule has 0 unspecified atom stereocenters. The van der Waals surface area contributed by atoms with E-state index in [0.717, 1.165) is 44.0 Å². The largest absolute Gasteiger partial charge is 0.484 e. The molecule has 0 radical (unpaired) electrons. The second-order valence-electron chi connectivity index (χ2n) is 5.35. The van der Waals surface area contributed by atoms with Gasteiger partial charge in [-0.05, 0) is 42.9 Å². The molecule has 0 aromatic heterocycles. The lowest BCUT2D eigenvalue weighted by molar-refractivity contribution is -0.134. The van der Waals surface area contributed by atoms with E-state index in [1.807, 2.05) is 23.1 Å². The molecule has 0 spiro atoms. The van der Waals surface area contributed by atoms with Gasteiger partial charge >= 0.3 is 0 Å². The zero-order valence-electron chi connectivity index (χ0n) is 11.9. The summed E-state index contributed by atoms with van der Waals surface area (Å²) in [6.07, 6.45) is 3.20. The van der Waals surface area contributed by atoms with Crippen LogP contribution in [0, 0.1) is 5.92 Å². The van der Waals surface area contributed by atoms with Crippen LogP contribution in [0.4, 0.5) is 0 Å². The SMILES string of the molecule is CCc1cccc(OCC(=O)N2CCC(C)CC2)c1. The smallest absolute Gasteiger partial charge is 0.260 e. The first-order valence-corrected chi connectivity index (χ1v) is 7.18. The predicted molar refractivity (Wildman–Crippen MR) is 76.3 cm³/mol. The van der Waals surface area contributed by atoms with Crippen LogP contribution >= 0.6 is 0 Å². The van der Waals surface area contributed by atoms with Crippen LogP contribution in [-0.2, 0) is 11.2 Å². The Kier molecular flexibility index (Phi) is 4.83. The average Bonchev–Trinajstić information content (AvgIpc) is 2.46. The quantitative estimate of drug-likeness (QED) is 0.834. The summed E-state index contributed by atoms with van der Waals surface area (Å²) in [7, 11) is 0. The lowest BCUT2D eigenvalue weighted by atomic mass is 9.99. The van der Waals surface area contributed by atoms with Crippen molar-refractivity contribution in [2.45, 2.75) is 33.1 Å². The number of hydrogen-bond donors (Lipinski definition) is 0. The highest BCUT2D eigenvalue weighted by molar-refractivity contribution is 5.77. The van der Waals surface area contributed by atoms with Crippen molar-refractivity contribution in [1.82, 2.24) is 4.90 Å². The first-order chi connectivity index (χ1) is 9.19. The summed E-state index contributed by atoms with van der Waals surface area (Å²) in [6, 6.07) is 7.96. The van der Waals surface area contributed by atoms with Gasteiger partial charge in [0.05, 0.1) is 0 Å². The third-order valence-electron chi connectivity index (χ3n) is 3.81. The normalized spacial score (nSPS) is 16.4. The Hall–Kier alpha value is -1.51. The number of rotatable bonds is 4. The van der Waals surface area contributed by atoms with Crippen LogP contribution in [0.5, 0.6) is 5.75 Å². The standard InChI is InChI=1S/C16H23NO2/c1-3-14-5-4-6-15(11-14)19-12-16(18)17-9-7-13(2)8-10-17/h4-6,11,13H,3,7-10,12H2,1-2H3. The van der Waals surface area contributed by atoms with Gasteiger partial charge in [-0.15, -0.1) is 0 Å². The van der Waals surface area contributed by atoms with E-state index in [1.54, 1.807) is 0 Å². The maximum absolute atomic E-state index is 12.0. The Balaban J connectivity index is 1.82. The molecule has 1 aromatic rings. The lowest BCUT2D eigenvalue weighted by Gasteiger charge is -2.30. The third kappa shape index (κ3) is 3.98. The van der Waals surface area contributed by atoms with E-state index in [1.165, 1.54) is 5.56 Å². The average molecular weight is 261 g/mol. The van der Waals surface area contributed by atoms with Crippen molar-refractivity contribution in [3.05, 3.63) is 29.8 Å². The van der Waals surface area contributed by atoms with Gasteiger partial charge in [0.15, 0.2) is 6.61 Å². The number of piperidine rings is 1.